The van der Waals surface area contributed by atoms with Crippen LogP contribution < -0.4 is 11.1 Å². The van der Waals surface area contributed by atoms with Crippen molar-refractivity contribution in [1.29, 1.82) is 0 Å². The van der Waals surface area contributed by atoms with Gasteiger partial charge in [-0.05, 0) is 37.1 Å². The molecular weight excluding hydrogens is 309 g/mol. The second-order valence-corrected chi connectivity index (χ2v) is 5.25. The fourth-order valence-corrected chi connectivity index (χ4v) is 2.06. The molecule has 0 aliphatic rings. The van der Waals surface area contributed by atoms with E-state index in [1.165, 1.54) is 0 Å². The van der Waals surface area contributed by atoms with Crippen LogP contribution in [-0.2, 0) is 6.42 Å². The van der Waals surface area contributed by atoms with Crippen LogP contribution in [0.4, 0.5) is 5.95 Å². The number of nitrogens with two attached hydrogens (primary N) is 1. The van der Waals surface area contributed by atoms with E-state index < -0.39 is 0 Å². The Kier molecular flexibility index (Phi) is 5.36. The van der Waals surface area contributed by atoms with Gasteiger partial charge < -0.3 is 5.73 Å². The Morgan fingerprint density at radius 3 is 2.62 bits per heavy atom. The standard InChI is InChI=1S/C14H15Cl2N5/c1-9-8-12(16)20-14(19-9)21-13(17)18-7-6-10-2-4-11(15)5-3-10/h2-5,8H,6-7H2,1H3,(H3,17,18,19,20,21). The molecule has 0 spiro atoms. The minimum Gasteiger partial charge on any atom is -0.370 e. The molecule has 0 fully saturated rings. The summed E-state index contributed by atoms with van der Waals surface area (Å²) in [6.45, 7) is 2.38. The molecule has 110 valence electrons. The van der Waals surface area contributed by atoms with Gasteiger partial charge in [0, 0.05) is 17.3 Å². The molecule has 0 aliphatic heterocycles. The van der Waals surface area contributed by atoms with Crippen LogP contribution in [-0.4, -0.2) is 22.5 Å². The highest BCUT2D eigenvalue weighted by Gasteiger charge is 2.01. The molecule has 1 aromatic carbocycles. The second kappa shape index (κ2) is 7.24. The highest BCUT2D eigenvalue weighted by molar-refractivity contribution is 6.30. The van der Waals surface area contributed by atoms with Gasteiger partial charge in [0.15, 0.2) is 5.96 Å². The second-order valence-electron chi connectivity index (χ2n) is 4.42. The number of nitrogens with zero attached hydrogens (tertiary/aromatic N) is 3. The van der Waals surface area contributed by atoms with E-state index in [1.54, 1.807) is 6.07 Å². The first kappa shape index (κ1) is 15.5. The lowest BCUT2D eigenvalue weighted by molar-refractivity contribution is 0.963. The van der Waals surface area contributed by atoms with Gasteiger partial charge in [0.2, 0.25) is 5.95 Å². The molecule has 7 heteroatoms. The number of rotatable bonds is 4. The maximum absolute atomic E-state index is 5.85. The molecule has 0 bridgehead atoms. The summed E-state index contributed by atoms with van der Waals surface area (Å²) in [4.78, 5) is 12.4. The molecule has 0 radical (unpaired) electrons. The largest absolute Gasteiger partial charge is 0.370 e. The lowest BCUT2D eigenvalue weighted by atomic mass is 10.1. The highest BCUT2D eigenvalue weighted by Crippen LogP contribution is 2.10. The fraction of sp³-hybridized carbons (Fsp3) is 0.214. The molecule has 0 unspecified atom stereocenters. The van der Waals surface area contributed by atoms with Gasteiger partial charge in [0.1, 0.15) is 5.15 Å². The molecule has 21 heavy (non-hydrogen) atoms. The third-order valence-electron chi connectivity index (χ3n) is 2.66. The van der Waals surface area contributed by atoms with Gasteiger partial charge in [-0.2, -0.15) is 0 Å². The van der Waals surface area contributed by atoms with Gasteiger partial charge >= 0.3 is 0 Å². The fourth-order valence-electron chi connectivity index (χ4n) is 1.70. The summed E-state index contributed by atoms with van der Waals surface area (Å²) >= 11 is 11.7. The maximum Gasteiger partial charge on any atom is 0.231 e. The van der Waals surface area contributed by atoms with E-state index in [4.69, 9.17) is 28.9 Å². The summed E-state index contributed by atoms with van der Waals surface area (Å²) < 4.78 is 0. The number of halogens is 2. The van der Waals surface area contributed by atoms with Crippen molar-refractivity contribution >= 4 is 35.1 Å². The van der Waals surface area contributed by atoms with Crippen LogP contribution in [0, 0.1) is 6.92 Å². The summed E-state index contributed by atoms with van der Waals surface area (Å²) in [5.74, 6) is 0.596. The van der Waals surface area contributed by atoms with Crippen LogP contribution in [0.15, 0.2) is 35.3 Å². The third-order valence-corrected chi connectivity index (χ3v) is 3.10. The van der Waals surface area contributed by atoms with Gasteiger partial charge in [-0.25, -0.2) is 9.97 Å². The normalized spacial score (nSPS) is 11.5. The molecule has 0 atom stereocenters. The highest BCUT2D eigenvalue weighted by atomic mass is 35.5. The number of benzene rings is 1. The Hall–Kier alpha value is -1.85. The molecule has 0 saturated heterocycles. The van der Waals surface area contributed by atoms with Crippen LogP contribution in [0.5, 0.6) is 0 Å². The third kappa shape index (κ3) is 5.21. The Balaban J connectivity index is 1.90. The first-order chi connectivity index (χ1) is 10.0. The lowest BCUT2D eigenvalue weighted by Crippen LogP contribution is -2.24. The summed E-state index contributed by atoms with van der Waals surface area (Å²) in [5, 5.41) is 3.90. The zero-order valence-electron chi connectivity index (χ0n) is 11.5. The quantitative estimate of drug-likeness (QED) is 0.515. The molecule has 2 aromatic rings. The average Bonchev–Trinajstić information content (AvgIpc) is 2.39. The molecule has 1 heterocycles. The minimum absolute atomic E-state index is 0.255. The molecule has 0 aliphatic carbocycles. The number of guanidine groups is 1. The van der Waals surface area contributed by atoms with Crippen LogP contribution in [0.1, 0.15) is 11.3 Å². The van der Waals surface area contributed by atoms with Crippen molar-refractivity contribution < 1.29 is 0 Å². The molecule has 3 N–H and O–H groups in total. The molecule has 1 aromatic heterocycles. The predicted molar refractivity (Wildman–Crippen MR) is 87.0 cm³/mol. The minimum atomic E-state index is 0.255. The molecule has 5 nitrogen and oxygen atoms in total. The topological polar surface area (TPSA) is 76.2 Å². The summed E-state index contributed by atoms with van der Waals surface area (Å²) in [6, 6.07) is 9.30. The van der Waals surface area contributed by atoms with Crippen molar-refractivity contribution in [1.82, 2.24) is 9.97 Å². The van der Waals surface area contributed by atoms with Gasteiger partial charge in [-0.15, -0.1) is 0 Å². The van der Waals surface area contributed by atoms with Crippen molar-refractivity contribution in [2.24, 2.45) is 10.7 Å². The Morgan fingerprint density at radius 1 is 1.24 bits per heavy atom. The number of anilines is 1. The molecule has 2 rings (SSSR count). The summed E-state index contributed by atoms with van der Waals surface area (Å²) in [5.41, 5.74) is 7.69. The number of hydrogen-bond acceptors (Lipinski definition) is 3. The van der Waals surface area contributed by atoms with Crippen molar-refractivity contribution in [3.05, 3.63) is 51.8 Å². The predicted octanol–water partition coefficient (Wildman–Crippen LogP) is 3.06. The van der Waals surface area contributed by atoms with E-state index in [1.807, 2.05) is 31.2 Å². The number of hydrogen-bond donors (Lipinski definition) is 2. The van der Waals surface area contributed by atoms with Crippen molar-refractivity contribution in [3.8, 4) is 0 Å². The Labute approximate surface area is 133 Å². The smallest absolute Gasteiger partial charge is 0.231 e. The lowest BCUT2D eigenvalue weighted by Gasteiger charge is -2.05. The first-order valence-corrected chi connectivity index (χ1v) is 7.11. The van der Waals surface area contributed by atoms with Gasteiger partial charge in [-0.1, -0.05) is 35.3 Å². The number of nitrogens with one attached hydrogen (secondary N) is 1. The summed E-state index contributed by atoms with van der Waals surface area (Å²) in [6.07, 6.45) is 0.773. The summed E-state index contributed by atoms with van der Waals surface area (Å²) in [7, 11) is 0. The van der Waals surface area contributed by atoms with E-state index >= 15 is 0 Å². The van der Waals surface area contributed by atoms with Crippen molar-refractivity contribution in [2.75, 3.05) is 11.9 Å². The van der Waals surface area contributed by atoms with E-state index in [9.17, 15) is 0 Å². The number of aryl methyl sites for hydroxylation is 1. The SMILES string of the molecule is Cc1cc(Cl)nc(NC(N)=NCCc2ccc(Cl)cc2)n1. The maximum atomic E-state index is 5.85. The van der Waals surface area contributed by atoms with Gasteiger partial charge in [-0.3, -0.25) is 10.3 Å². The number of aliphatic imine (C=N–C) groups is 1. The first-order valence-electron chi connectivity index (χ1n) is 6.35. The van der Waals surface area contributed by atoms with E-state index in [-0.39, 0.29) is 5.96 Å². The monoisotopic (exact) mass is 323 g/mol. The van der Waals surface area contributed by atoms with E-state index in [0.29, 0.717) is 17.6 Å². The number of aromatic nitrogens is 2. The molecule has 0 amide bonds. The Bertz CT molecular complexity index is 620. The molecule has 0 saturated carbocycles. The zero-order chi connectivity index (χ0) is 15.2. The van der Waals surface area contributed by atoms with Gasteiger partial charge in [0.25, 0.3) is 0 Å². The Morgan fingerprint density at radius 2 is 1.95 bits per heavy atom. The molecular formula is C14H15Cl2N5. The van der Waals surface area contributed by atoms with Gasteiger partial charge in [0.05, 0.1) is 0 Å². The zero-order valence-corrected chi connectivity index (χ0v) is 13.0. The van der Waals surface area contributed by atoms with E-state index in [2.05, 4.69) is 20.3 Å². The average molecular weight is 324 g/mol. The van der Waals surface area contributed by atoms with Crippen molar-refractivity contribution in [3.63, 3.8) is 0 Å². The van der Waals surface area contributed by atoms with E-state index in [0.717, 1.165) is 22.7 Å². The van der Waals surface area contributed by atoms with Crippen molar-refractivity contribution in [2.45, 2.75) is 13.3 Å². The van der Waals surface area contributed by atoms with Crippen LogP contribution >= 0.6 is 23.2 Å². The van der Waals surface area contributed by atoms with Crippen LogP contribution in [0.25, 0.3) is 0 Å². The van der Waals surface area contributed by atoms with Crippen LogP contribution in [0.2, 0.25) is 10.2 Å². The van der Waals surface area contributed by atoms with Crippen LogP contribution in [0.3, 0.4) is 0 Å².